The van der Waals surface area contributed by atoms with Crippen LogP contribution in [0.25, 0.3) is 0 Å². The molecule has 0 radical (unpaired) electrons. The Balaban J connectivity index is 1.57. The standard InChI is InChI=1S/C19H24N4O2/c1-22-12-15(9-21-22)16-10-20-11-17(16)19(24)23-7-8-25-13-18(23)14-5-3-2-4-6-14/h2-6,9,12,16-18,20H,7-8,10-11,13H2,1H3/t16-,17+,18?/m1/s1. The second-order valence-corrected chi connectivity index (χ2v) is 6.85. The molecule has 1 aromatic heterocycles. The van der Waals surface area contributed by atoms with Crippen molar-refractivity contribution in [1.82, 2.24) is 20.0 Å². The summed E-state index contributed by atoms with van der Waals surface area (Å²) in [6.45, 7) is 3.36. The fourth-order valence-corrected chi connectivity index (χ4v) is 3.95. The molecule has 132 valence electrons. The smallest absolute Gasteiger partial charge is 0.228 e. The zero-order chi connectivity index (χ0) is 17.2. The van der Waals surface area contributed by atoms with Gasteiger partial charge < -0.3 is 15.0 Å². The van der Waals surface area contributed by atoms with E-state index in [2.05, 4.69) is 22.5 Å². The number of morpholine rings is 1. The lowest BCUT2D eigenvalue weighted by Crippen LogP contribution is -2.47. The van der Waals surface area contributed by atoms with Crippen LogP contribution in [0.2, 0.25) is 0 Å². The van der Waals surface area contributed by atoms with Gasteiger partial charge in [-0.15, -0.1) is 0 Å². The van der Waals surface area contributed by atoms with Crippen molar-refractivity contribution in [2.24, 2.45) is 13.0 Å². The van der Waals surface area contributed by atoms with Crippen molar-refractivity contribution >= 4 is 5.91 Å². The molecule has 2 saturated heterocycles. The van der Waals surface area contributed by atoms with Crippen molar-refractivity contribution in [2.75, 3.05) is 32.8 Å². The van der Waals surface area contributed by atoms with E-state index >= 15 is 0 Å². The first-order valence-corrected chi connectivity index (χ1v) is 8.86. The van der Waals surface area contributed by atoms with Gasteiger partial charge in [0.1, 0.15) is 0 Å². The first kappa shape index (κ1) is 16.3. The molecular weight excluding hydrogens is 316 g/mol. The number of hydrogen-bond acceptors (Lipinski definition) is 4. The molecule has 0 bridgehead atoms. The lowest BCUT2D eigenvalue weighted by atomic mass is 9.89. The van der Waals surface area contributed by atoms with Gasteiger partial charge in [0.2, 0.25) is 5.91 Å². The molecule has 3 atom stereocenters. The summed E-state index contributed by atoms with van der Waals surface area (Å²) >= 11 is 0. The number of rotatable bonds is 3. The van der Waals surface area contributed by atoms with E-state index in [-0.39, 0.29) is 23.8 Å². The molecule has 3 heterocycles. The maximum absolute atomic E-state index is 13.4. The molecule has 2 aromatic rings. The van der Waals surface area contributed by atoms with Crippen molar-refractivity contribution in [1.29, 1.82) is 0 Å². The molecule has 0 saturated carbocycles. The van der Waals surface area contributed by atoms with Gasteiger partial charge in [0.25, 0.3) is 0 Å². The number of amides is 1. The average molecular weight is 340 g/mol. The molecule has 0 spiro atoms. The minimum absolute atomic E-state index is 0.00222. The van der Waals surface area contributed by atoms with Crippen LogP contribution in [0.1, 0.15) is 23.1 Å². The van der Waals surface area contributed by atoms with Crippen LogP contribution < -0.4 is 5.32 Å². The molecule has 1 amide bonds. The van der Waals surface area contributed by atoms with Crippen molar-refractivity contribution in [2.45, 2.75) is 12.0 Å². The zero-order valence-electron chi connectivity index (χ0n) is 14.5. The number of aryl methyl sites for hydroxylation is 1. The summed E-state index contributed by atoms with van der Waals surface area (Å²) in [5.41, 5.74) is 2.27. The van der Waals surface area contributed by atoms with E-state index in [0.29, 0.717) is 19.8 Å². The van der Waals surface area contributed by atoms with Gasteiger partial charge in [-0.05, 0) is 11.1 Å². The highest BCUT2D eigenvalue weighted by molar-refractivity contribution is 5.81. The maximum atomic E-state index is 13.4. The SMILES string of the molecule is Cn1cc([C@H]2CNC[C@@H]2C(=O)N2CCOCC2c2ccccc2)cn1. The third kappa shape index (κ3) is 3.19. The normalized spacial score (nSPS) is 26.8. The Labute approximate surface area is 147 Å². The Hall–Kier alpha value is -2.18. The molecule has 2 aliphatic heterocycles. The summed E-state index contributed by atoms with van der Waals surface area (Å²) in [5.74, 6) is 0.352. The van der Waals surface area contributed by atoms with Gasteiger partial charge in [-0.2, -0.15) is 5.10 Å². The van der Waals surface area contributed by atoms with Gasteiger partial charge in [0, 0.05) is 38.8 Å². The van der Waals surface area contributed by atoms with E-state index in [0.717, 1.165) is 24.2 Å². The third-order valence-electron chi connectivity index (χ3n) is 5.28. The molecule has 0 aliphatic carbocycles. The van der Waals surface area contributed by atoms with Crippen molar-refractivity contribution in [3.63, 3.8) is 0 Å². The summed E-state index contributed by atoms with van der Waals surface area (Å²) in [6.07, 6.45) is 3.90. The molecule has 6 heteroatoms. The Morgan fingerprint density at radius 2 is 2.08 bits per heavy atom. The fourth-order valence-electron chi connectivity index (χ4n) is 3.95. The molecule has 2 aliphatic rings. The minimum atomic E-state index is -0.0477. The van der Waals surface area contributed by atoms with Gasteiger partial charge >= 0.3 is 0 Å². The number of aromatic nitrogens is 2. The third-order valence-corrected chi connectivity index (χ3v) is 5.28. The molecule has 6 nitrogen and oxygen atoms in total. The molecule has 1 unspecified atom stereocenters. The van der Waals surface area contributed by atoms with Crippen molar-refractivity contribution in [3.05, 3.63) is 53.9 Å². The summed E-state index contributed by atoms with van der Waals surface area (Å²) < 4.78 is 7.47. The number of nitrogens with zero attached hydrogens (tertiary/aromatic N) is 3. The number of carbonyl (C=O) groups is 1. The van der Waals surface area contributed by atoms with E-state index in [1.165, 1.54) is 0 Å². The number of hydrogen-bond donors (Lipinski definition) is 1. The first-order chi connectivity index (χ1) is 12.2. The predicted molar refractivity (Wildman–Crippen MR) is 94.0 cm³/mol. The molecule has 4 rings (SSSR count). The topological polar surface area (TPSA) is 59.4 Å². The zero-order valence-corrected chi connectivity index (χ0v) is 14.5. The Morgan fingerprint density at radius 1 is 1.24 bits per heavy atom. The van der Waals surface area contributed by atoms with E-state index in [1.54, 1.807) is 4.68 Å². The van der Waals surface area contributed by atoms with Gasteiger partial charge in [-0.25, -0.2) is 0 Å². The van der Waals surface area contributed by atoms with E-state index < -0.39 is 0 Å². The second-order valence-electron chi connectivity index (χ2n) is 6.85. The Bertz CT molecular complexity index is 730. The second kappa shape index (κ2) is 6.98. The van der Waals surface area contributed by atoms with Crippen LogP contribution >= 0.6 is 0 Å². The Kier molecular flexibility index (Phi) is 4.55. The summed E-state index contributed by atoms with van der Waals surface area (Å²) in [7, 11) is 1.91. The van der Waals surface area contributed by atoms with Crippen LogP contribution in [0, 0.1) is 5.92 Å². The maximum Gasteiger partial charge on any atom is 0.228 e. The molecule has 2 fully saturated rings. The van der Waals surface area contributed by atoms with Gasteiger partial charge in [0.15, 0.2) is 0 Å². The largest absolute Gasteiger partial charge is 0.377 e. The lowest BCUT2D eigenvalue weighted by Gasteiger charge is -2.38. The highest BCUT2D eigenvalue weighted by Gasteiger charge is 2.40. The number of benzene rings is 1. The number of nitrogens with one attached hydrogen (secondary N) is 1. The van der Waals surface area contributed by atoms with Gasteiger partial charge in [-0.3, -0.25) is 9.48 Å². The van der Waals surface area contributed by atoms with Crippen LogP contribution in [0.4, 0.5) is 0 Å². The average Bonchev–Trinajstić information content (AvgIpc) is 3.30. The van der Waals surface area contributed by atoms with Crippen LogP contribution in [-0.2, 0) is 16.6 Å². The van der Waals surface area contributed by atoms with E-state index in [9.17, 15) is 4.79 Å². The number of ether oxygens (including phenoxy) is 1. The molecule has 25 heavy (non-hydrogen) atoms. The molecule has 1 aromatic carbocycles. The fraction of sp³-hybridized carbons (Fsp3) is 0.474. The quantitative estimate of drug-likeness (QED) is 0.916. The van der Waals surface area contributed by atoms with E-state index in [4.69, 9.17) is 4.74 Å². The van der Waals surface area contributed by atoms with Gasteiger partial charge in [-0.1, -0.05) is 30.3 Å². The summed E-state index contributed by atoms with van der Waals surface area (Å²) in [6, 6.07) is 10.2. The van der Waals surface area contributed by atoms with Crippen LogP contribution in [0.3, 0.4) is 0 Å². The van der Waals surface area contributed by atoms with Crippen LogP contribution in [-0.4, -0.2) is 53.4 Å². The van der Waals surface area contributed by atoms with Crippen LogP contribution in [0.5, 0.6) is 0 Å². The summed E-state index contributed by atoms with van der Waals surface area (Å²) in [4.78, 5) is 15.4. The van der Waals surface area contributed by atoms with Gasteiger partial charge in [0.05, 0.1) is 31.4 Å². The lowest BCUT2D eigenvalue weighted by molar-refractivity contribution is -0.144. The van der Waals surface area contributed by atoms with Crippen molar-refractivity contribution in [3.8, 4) is 0 Å². The highest BCUT2D eigenvalue weighted by Crippen LogP contribution is 2.33. The number of carbonyl (C=O) groups excluding carboxylic acids is 1. The van der Waals surface area contributed by atoms with E-state index in [1.807, 2.05) is 42.5 Å². The predicted octanol–water partition coefficient (Wildman–Crippen LogP) is 1.32. The summed E-state index contributed by atoms with van der Waals surface area (Å²) in [5, 5.41) is 7.66. The highest BCUT2D eigenvalue weighted by atomic mass is 16.5. The molecular formula is C19H24N4O2. The van der Waals surface area contributed by atoms with Crippen LogP contribution in [0.15, 0.2) is 42.7 Å². The monoisotopic (exact) mass is 340 g/mol. The first-order valence-electron chi connectivity index (χ1n) is 8.86. The minimum Gasteiger partial charge on any atom is -0.377 e. The molecule has 1 N–H and O–H groups in total. The van der Waals surface area contributed by atoms with Crippen molar-refractivity contribution < 1.29 is 9.53 Å². The Morgan fingerprint density at radius 3 is 2.84 bits per heavy atom.